The molecular formula is C16H17N5OS. The van der Waals surface area contributed by atoms with Crippen molar-refractivity contribution in [1.29, 1.82) is 0 Å². The summed E-state index contributed by atoms with van der Waals surface area (Å²) >= 11 is 1.63. The van der Waals surface area contributed by atoms with Crippen molar-refractivity contribution >= 4 is 27.6 Å². The number of anilines is 1. The Balaban J connectivity index is 2.05. The number of nitrogen functional groups attached to an aromatic ring is 1. The van der Waals surface area contributed by atoms with Gasteiger partial charge in [-0.15, -0.1) is 11.3 Å². The first-order chi connectivity index (χ1) is 11.2. The van der Waals surface area contributed by atoms with E-state index in [0.717, 1.165) is 40.5 Å². The topological polar surface area (TPSA) is 76.2 Å². The Bertz CT molecular complexity index is 931. The van der Waals surface area contributed by atoms with Crippen LogP contribution in [0.1, 0.15) is 10.4 Å². The largest absolute Gasteiger partial charge is 0.301 e. The highest BCUT2D eigenvalue weighted by Crippen LogP contribution is 2.30. The second-order valence-corrected chi connectivity index (χ2v) is 6.81. The molecule has 0 saturated carbocycles. The van der Waals surface area contributed by atoms with E-state index in [1.165, 1.54) is 0 Å². The highest BCUT2D eigenvalue weighted by Gasteiger charge is 2.23. The third-order valence-corrected chi connectivity index (χ3v) is 5.37. The van der Waals surface area contributed by atoms with Crippen LogP contribution >= 0.6 is 11.3 Å². The SMILES string of the molecule is CN1CCc2c(sc3c(nc(NN)n3-c3ccccc3)c2=O)C1. The molecule has 3 heterocycles. The first kappa shape index (κ1) is 14.4. The third kappa shape index (κ3) is 2.24. The number of hydrazine groups is 1. The second kappa shape index (κ2) is 5.45. The lowest BCUT2D eigenvalue weighted by Gasteiger charge is -2.23. The number of aromatic nitrogens is 2. The number of benzene rings is 1. The van der Waals surface area contributed by atoms with Gasteiger partial charge in [0.2, 0.25) is 11.4 Å². The predicted octanol–water partition coefficient (Wildman–Crippen LogP) is 1.72. The number of nitrogens with one attached hydrogen (secondary N) is 1. The minimum Gasteiger partial charge on any atom is -0.301 e. The van der Waals surface area contributed by atoms with Crippen molar-refractivity contribution in [3.63, 3.8) is 0 Å². The fourth-order valence-electron chi connectivity index (χ4n) is 3.02. The maximum absolute atomic E-state index is 12.8. The summed E-state index contributed by atoms with van der Waals surface area (Å²) in [6, 6.07) is 9.82. The summed E-state index contributed by atoms with van der Waals surface area (Å²) in [7, 11) is 2.08. The summed E-state index contributed by atoms with van der Waals surface area (Å²) < 4.78 is 1.91. The van der Waals surface area contributed by atoms with Crippen LogP contribution < -0.4 is 16.7 Å². The molecule has 0 aliphatic carbocycles. The summed E-state index contributed by atoms with van der Waals surface area (Å²) in [5, 5.41) is 0. The molecular weight excluding hydrogens is 310 g/mol. The van der Waals surface area contributed by atoms with Crippen molar-refractivity contribution in [2.45, 2.75) is 13.0 Å². The quantitative estimate of drug-likeness (QED) is 0.554. The zero-order valence-corrected chi connectivity index (χ0v) is 13.6. The molecule has 1 aromatic carbocycles. The van der Waals surface area contributed by atoms with E-state index in [0.29, 0.717) is 11.5 Å². The molecule has 1 aliphatic rings. The highest BCUT2D eigenvalue weighted by atomic mass is 32.1. The van der Waals surface area contributed by atoms with Gasteiger partial charge < -0.3 is 4.90 Å². The van der Waals surface area contributed by atoms with Crippen LogP contribution in [0.2, 0.25) is 0 Å². The Morgan fingerprint density at radius 3 is 2.83 bits per heavy atom. The molecule has 4 rings (SSSR count). The Labute approximate surface area is 137 Å². The summed E-state index contributed by atoms with van der Waals surface area (Å²) in [5.74, 6) is 6.12. The fraction of sp³-hybridized carbons (Fsp3) is 0.250. The average Bonchev–Trinajstić information content (AvgIpc) is 2.94. The lowest BCUT2D eigenvalue weighted by atomic mass is 10.1. The summed E-state index contributed by atoms with van der Waals surface area (Å²) in [5.41, 5.74) is 4.99. The lowest BCUT2D eigenvalue weighted by Crippen LogP contribution is -2.30. The zero-order valence-electron chi connectivity index (χ0n) is 12.7. The second-order valence-electron chi connectivity index (χ2n) is 5.73. The molecule has 0 unspecified atom stereocenters. The van der Waals surface area contributed by atoms with E-state index in [1.54, 1.807) is 11.3 Å². The number of hydrogen-bond donors (Lipinski definition) is 2. The van der Waals surface area contributed by atoms with Gasteiger partial charge in [0.15, 0.2) is 0 Å². The van der Waals surface area contributed by atoms with E-state index in [-0.39, 0.29) is 5.43 Å². The van der Waals surface area contributed by atoms with Crippen LogP contribution in [0.25, 0.3) is 16.0 Å². The van der Waals surface area contributed by atoms with Gasteiger partial charge in [-0.25, -0.2) is 10.8 Å². The van der Waals surface area contributed by atoms with Crippen molar-refractivity contribution in [3.8, 4) is 5.69 Å². The molecule has 118 valence electrons. The molecule has 0 bridgehead atoms. The van der Waals surface area contributed by atoms with E-state index in [1.807, 2.05) is 34.9 Å². The number of fused-ring (bicyclic) bond motifs is 2. The van der Waals surface area contributed by atoms with Gasteiger partial charge in [0, 0.05) is 29.2 Å². The molecule has 0 amide bonds. The number of nitrogens with two attached hydrogens (primary N) is 1. The van der Waals surface area contributed by atoms with E-state index >= 15 is 0 Å². The summed E-state index contributed by atoms with van der Waals surface area (Å²) in [6.45, 7) is 1.71. The number of likely N-dealkylation sites (N-methyl/N-ethyl adjacent to an activating group) is 1. The number of rotatable bonds is 2. The average molecular weight is 327 g/mol. The molecule has 3 aromatic rings. The fourth-order valence-corrected chi connectivity index (χ4v) is 4.37. The van der Waals surface area contributed by atoms with Crippen LogP contribution in [0.15, 0.2) is 35.1 Å². The Morgan fingerprint density at radius 1 is 1.30 bits per heavy atom. The molecule has 6 nitrogen and oxygen atoms in total. The molecule has 0 radical (unpaired) electrons. The number of imidazole rings is 1. The highest BCUT2D eigenvalue weighted by molar-refractivity contribution is 7.18. The zero-order chi connectivity index (χ0) is 16.0. The van der Waals surface area contributed by atoms with Gasteiger partial charge in [0.25, 0.3) is 0 Å². The first-order valence-corrected chi connectivity index (χ1v) is 8.28. The monoisotopic (exact) mass is 327 g/mol. The van der Waals surface area contributed by atoms with E-state index in [2.05, 4.69) is 22.4 Å². The molecule has 3 N–H and O–H groups in total. The van der Waals surface area contributed by atoms with Crippen molar-refractivity contribution in [3.05, 3.63) is 51.0 Å². The van der Waals surface area contributed by atoms with Gasteiger partial charge in [0.05, 0.1) is 0 Å². The third-order valence-electron chi connectivity index (χ3n) is 4.18. The Hall–Kier alpha value is -2.22. The normalized spacial score (nSPS) is 14.9. The van der Waals surface area contributed by atoms with E-state index < -0.39 is 0 Å². The molecule has 2 aromatic heterocycles. The molecule has 0 saturated heterocycles. The molecule has 0 atom stereocenters. The summed E-state index contributed by atoms with van der Waals surface area (Å²) in [6.07, 6.45) is 0.778. The number of nitrogens with zero attached hydrogens (tertiary/aromatic N) is 3. The first-order valence-electron chi connectivity index (χ1n) is 7.47. The Kier molecular flexibility index (Phi) is 3.41. The molecule has 0 fully saturated rings. The number of hydrogen-bond acceptors (Lipinski definition) is 6. The van der Waals surface area contributed by atoms with Gasteiger partial charge in [-0.1, -0.05) is 18.2 Å². The van der Waals surface area contributed by atoms with Crippen molar-refractivity contribution < 1.29 is 0 Å². The van der Waals surface area contributed by atoms with Gasteiger partial charge >= 0.3 is 0 Å². The van der Waals surface area contributed by atoms with Crippen LogP contribution in [0.4, 0.5) is 5.95 Å². The van der Waals surface area contributed by atoms with Gasteiger partial charge in [-0.3, -0.25) is 14.8 Å². The van der Waals surface area contributed by atoms with Crippen LogP contribution in [-0.4, -0.2) is 28.0 Å². The smallest absolute Gasteiger partial charge is 0.223 e. The minimum atomic E-state index is 0.0352. The van der Waals surface area contributed by atoms with Gasteiger partial charge in [0.1, 0.15) is 10.3 Å². The standard InChI is InChI=1S/C16H17N5OS/c1-20-8-7-11-12(9-20)23-15-13(14(11)22)18-16(19-17)21(15)10-5-3-2-4-6-10/h2-6H,7-9,17H2,1H3,(H,18,19). The lowest BCUT2D eigenvalue weighted by molar-refractivity contribution is 0.316. The Morgan fingerprint density at radius 2 is 2.09 bits per heavy atom. The molecule has 23 heavy (non-hydrogen) atoms. The van der Waals surface area contributed by atoms with Gasteiger partial charge in [-0.2, -0.15) is 0 Å². The maximum atomic E-state index is 12.8. The number of para-hydroxylation sites is 1. The molecule has 0 spiro atoms. The van der Waals surface area contributed by atoms with Crippen molar-refractivity contribution in [1.82, 2.24) is 14.5 Å². The molecule has 7 heteroatoms. The van der Waals surface area contributed by atoms with Crippen LogP contribution in [0, 0.1) is 0 Å². The maximum Gasteiger partial charge on any atom is 0.223 e. The van der Waals surface area contributed by atoms with E-state index in [4.69, 9.17) is 5.84 Å². The van der Waals surface area contributed by atoms with Gasteiger partial charge in [-0.05, 0) is 25.6 Å². The van der Waals surface area contributed by atoms with Crippen molar-refractivity contribution in [2.24, 2.45) is 5.84 Å². The minimum absolute atomic E-state index is 0.0352. The van der Waals surface area contributed by atoms with E-state index in [9.17, 15) is 4.79 Å². The van der Waals surface area contributed by atoms with Crippen LogP contribution in [0.3, 0.4) is 0 Å². The van der Waals surface area contributed by atoms with Crippen LogP contribution in [-0.2, 0) is 13.0 Å². The van der Waals surface area contributed by atoms with Crippen molar-refractivity contribution in [2.75, 3.05) is 19.0 Å². The summed E-state index contributed by atoms with van der Waals surface area (Å²) in [4.78, 5) is 21.5. The molecule has 1 aliphatic heterocycles. The van der Waals surface area contributed by atoms with Crippen LogP contribution in [0.5, 0.6) is 0 Å². The predicted molar refractivity (Wildman–Crippen MR) is 93.1 cm³/mol.